The lowest BCUT2D eigenvalue weighted by atomic mass is 10.3. The zero-order valence-electron chi connectivity index (χ0n) is 14.1. The first-order valence-corrected chi connectivity index (χ1v) is 7.59. The van der Waals surface area contributed by atoms with Crippen molar-refractivity contribution in [3.63, 3.8) is 0 Å². The van der Waals surface area contributed by atoms with Crippen LogP contribution in [0.25, 0.3) is 0 Å². The van der Waals surface area contributed by atoms with Gasteiger partial charge in [-0.1, -0.05) is 6.07 Å². The average molecular weight is 437 g/mol. The minimum Gasteiger partial charge on any atom is -0.497 e. The molecular formula is C16H28IN3O3. The number of halogens is 1. The summed E-state index contributed by atoms with van der Waals surface area (Å²) >= 11 is 0. The molecule has 0 spiro atoms. The molecule has 7 heteroatoms. The van der Waals surface area contributed by atoms with Gasteiger partial charge in [0.15, 0.2) is 5.96 Å². The maximum atomic E-state index is 5.68. The van der Waals surface area contributed by atoms with Gasteiger partial charge in [0.2, 0.25) is 0 Å². The van der Waals surface area contributed by atoms with Gasteiger partial charge in [-0.05, 0) is 25.5 Å². The SMILES string of the molecule is CCOCCNC(=NC)NCCCOc1cccc(OC)c1.I. The van der Waals surface area contributed by atoms with E-state index >= 15 is 0 Å². The Morgan fingerprint density at radius 3 is 2.57 bits per heavy atom. The first kappa shape index (κ1) is 21.8. The van der Waals surface area contributed by atoms with E-state index in [1.165, 1.54) is 0 Å². The maximum absolute atomic E-state index is 5.68. The molecule has 1 rings (SSSR count). The minimum absolute atomic E-state index is 0. The number of rotatable bonds is 10. The monoisotopic (exact) mass is 437 g/mol. The number of ether oxygens (including phenoxy) is 3. The van der Waals surface area contributed by atoms with Gasteiger partial charge in [-0.3, -0.25) is 4.99 Å². The van der Waals surface area contributed by atoms with Crippen LogP contribution in [0.3, 0.4) is 0 Å². The fourth-order valence-corrected chi connectivity index (χ4v) is 1.77. The van der Waals surface area contributed by atoms with E-state index in [4.69, 9.17) is 14.2 Å². The summed E-state index contributed by atoms with van der Waals surface area (Å²) in [6, 6.07) is 7.61. The van der Waals surface area contributed by atoms with Gasteiger partial charge in [-0.15, -0.1) is 24.0 Å². The first-order chi connectivity index (χ1) is 10.8. The quantitative estimate of drug-likeness (QED) is 0.255. The van der Waals surface area contributed by atoms with E-state index in [1.54, 1.807) is 14.2 Å². The summed E-state index contributed by atoms with van der Waals surface area (Å²) in [5.74, 6) is 2.40. The fourth-order valence-electron chi connectivity index (χ4n) is 1.77. The van der Waals surface area contributed by atoms with Crippen LogP contribution in [0.5, 0.6) is 11.5 Å². The molecule has 0 aliphatic rings. The lowest BCUT2D eigenvalue weighted by Crippen LogP contribution is -2.39. The largest absolute Gasteiger partial charge is 0.497 e. The van der Waals surface area contributed by atoms with Crippen LogP contribution in [0.4, 0.5) is 0 Å². The number of methoxy groups -OCH3 is 1. The van der Waals surface area contributed by atoms with Crippen LogP contribution in [0.2, 0.25) is 0 Å². The number of nitrogens with zero attached hydrogens (tertiary/aromatic N) is 1. The Morgan fingerprint density at radius 2 is 1.87 bits per heavy atom. The van der Waals surface area contributed by atoms with Crippen LogP contribution in [0, 0.1) is 0 Å². The van der Waals surface area contributed by atoms with Crippen LogP contribution < -0.4 is 20.1 Å². The second-order valence-electron chi connectivity index (χ2n) is 4.50. The van der Waals surface area contributed by atoms with Crippen LogP contribution >= 0.6 is 24.0 Å². The second kappa shape index (κ2) is 14.4. The summed E-state index contributed by atoms with van der Waals surface area (Å²) in [7, 11) is 3.40. The molecule has 0 aliphatic carbocycles. The normalized spacial score (nSPS) is 10.7. The van der Waals surface area contributed by atoms with Crippen LogP contribution in [-0.2, 0) is 4.74 Å². The Balaban J connectivity index is 0.00000484. The van der Waals surface area contributed by atoms with Crippen molar-refractivity contribution < 1.29 is 14.2 Å². The third-order valence-electron chi connectivity index (χ3n) is 2.89. The zero-order chi connectivity index (χ0) is 16.0. The molecule has 6 nitrogen and oxygen atoms in total. The first-order valence-electron chi connectivity index (χ1n) is 7.59. The Morgan fingerprint density at radius 1 is 1.13 bits per heavy atom. The number of benzene rings is 1. The third kappa shape index (κ3) is 10.2. The second-order valence-corrected chi connectivity index (χ2v) is 4.50. The molecule has 0 aromatic heterocycles. The van der Waals surface area contributed by atoms with Gasteiger partial charge in [0.1, 0.15) is 11.5 Å². The highest BCUT2D eigenvalue weighted by atomic mass is 127. The lowest BCUT2D eigenvalue weighted by Gasteiger charge is -2.12. The van der Waals surface area contributed by atoms with E-state index in [0.29, 0.717) is 13.2 Å². The summed E-state index contributed by atoms with van der Waals surface area (Å²) in [5, 5.41) is 6.42. The average Bonchev–Trinajstić information content (AvgIpc) is 2.56. The standard InChI is InChI=1S/C16H27N3O3.HI/c1-4-21-12-10-19-16(17-2)18-9-6-11-22-15-8-5-7-14(13-15)20-3;/h5,7-8,13H,4,6,9-12H2,1-3H3,(H2,17,18,19);1H. The van der Waals surface area contributed by atoms with Gasteiger partial charge in [-0.25, -0.2) is 0 Å². The predicted octanol–water partition coefficient (Wildman–Crippen LogP) is 2.28. The molecule has 0 radical (unpaired) electrons. The summed E-state index contributed by atoms with van der Waals surface area (Å²) < 4.78 is 16.1. The number of guanidine groups is 1. The van der Waals surface area contributed by atoms with Crippen LogP contribution in [0.15, 0.2) is 29.3 Å². The molecule has 23 heavy (non-hydrogen) atoms. The van der Waals surface area contributed by atoms with Crippen molar-refractivity contribution in [3.8, 4) is 11.5 Å². The minimum atomic E-state index is 0. The molecule has 132 valence electrons. The number of aliphatic imine (C=N–C) groups is 1. The molecule has 1 aromatic rings. The maximum Gasteiger partial charge on any atom is 0.191 e. The van der Waals surface area contributed by atoms with Gasteiger partial charge < -0.3 is 24.8 Å². The van der Waals surface area contributed by atoms with E-state index in [9.17, 15) is 0 Å². The van der Waals surface area contributed by atoms with E-state index in [0.717, 1.165) is 43.6 Å². The topological polar surface area (TPSA) is 64.1 Å². The number of nitrogens with one attached hydrogen (secondary N) is 2. The third-order valence-corrected chi connectivity index (χ3v) is 2.89. The molecule has 0 amide bonds. The molecule has 0 unspecified atom stereocenters. The highest BCUT2D eigenvalue weighted by molar-refractivity contribution is 14.0. The van der Waals surface area contributed by atoms with Gasteiger partial charge in [0, 0.05) is 32.8 Å². The van der Waals surface area contributed by atoms with Gasteiger partial charge in [0.05, 0.1) is 20.3 Å². The Labute approximate surface area is 156 Å². The van der Waals surface area contributed by atoms with Crippen LogP contribution in [0.1, 0.15) is 13.3 Å². The molecule has 0 heterocycles. The van der Waals surface area contributed by atoms with Crippen LogP contribution in [-0.4, -0.2) is 53.0 Å². The molecule has 0 atom stereocenters. The molecule has 0 bridgehead atoms. The van der Waals surface area contributed by atoms with Crippen molar-refractivity contribution in [2.45, 2.75) is 13.3 Å². The highest BCUT2D eigenvalue weighted by Crippen LogP contribution is 2.18. The van der Waals surface area contributed by atoms with Crippen molar-refractivity contribution in [2.24, 2.45) is 4.99 Å². The van der Waals surface area contributed by atoms with Gasteiger partial charge in [-0.2, -0.15) is 0 Å². The Kier molecular flexibility index (Phi) is 13.6. The van der Waals surface area contributed by atoms with Crippen molar-refractivity contribution in [3.05, 3.63) is 24.3 Å². The Bertz CT molecular complexity index is 444. The fraction of sp³-hybridized carbons (Fsp3) is 0.562. The van der Waals surface area contributed by atoms with Crippen molar-refractivity contribution in [2.75, 3.05) is 47.1 Å². The predicted molar refractivity (Wildman–Crippen MR) is 104 cm³/mol. The zero-order valence-corrected chi connectivity index (χ0v) is 16.5. The molecule has 0 saturated heterocycles. The molecule has 0 aliphatic heterocycles. The summed E-state index contributed by atoms with van der Waals surface area (Å²) in [5.41, 5.74) is 0. The van der Waals surface area contributed by atoms with Gasteiger partial charge >= 0.3 is 0 Å². The van der Waals surface area contributed by atoms with E-state index < -0.39 is 0 Å². The molecule has 0 fully saturated rings. The number of hydrogen-bond donors (Lipinski definition) is 2. The summed E-state index contributed by atoms with van der Waals surface area (Å²) in [4.78, 5) is 4.15. The molecule has 0 saturated carbocycles. The van der Waals surface area contributed by atoms with Crippen molar-refractivity contribution in [1.29, 1.82) is 0 Å². The van der Waals surface area contributed by atoms with E-state index in [1.807, 2.05) is 31.2 Å². The van der Waals surface area contributed by atoms with Crippen molar-refractivity contribution in [1.82, 2.24) is 10.6 Å². The highest BCUT2D eigenvalue weighted by Gasteiger charge is 1.98. The lowest BCUT2D eigenvalue weighted by molar-refractivity contribution is 0.152. The van der Waals surface area contributed by atoms with E-state index in [-0.39, 0.29) is 24.0 Å². The van der Waals surface area contributed by atoms with E-state index in [2.05, 4.69) is 15.6 Å². The summed E-state index contributed by atoms with van der Waals surface area (Å²) in [6.07, 6.45) is 0.878. The van der Waals surface area contributed by atoms with Crippen molar-refractivity contribution >= 4 is 29.9 Å². The summed E-state index contributed by atoms with van der Waals surface area (Å²) in [6.45, 7) is 5.56. The molecule has 1 aromatic carbocycles. The molecule has 2 N–H and O–H groups in total. The number of hydrogen-bond acceptors (Lipinski definition) is 4. The van der Waals surface area contributed by atoms with Gasteiger partial charge in [0.25, 0.3) is 0 Å². The molecular weight excluding hydrogens is 409 g/mol. The smallest absolute Gasteiger partial charge is 0.191 e. The Hall–Kier alpha value is -1.22.